The summed E-state index contributed by atoms with van der Waals surface area (Å²) in [6.07, 6.45) is 1.17. The SMILES string of the molecule is CCC1(CC)NC(=O)CN(C(C)c2ccccc2Cl)C1=O. The van der Waals surface area contributed by atoms with Gasteiger partial charge in [0, 0.05) is 5.02 Å². The smallest absolute Gasteiger partial charge is 0.249 e. The van der Waals surface area contributed by atoms with E-state index in [1.54, 1.807) is 11.0 Å². The first-order chi connectivity index (χ1) is 9.95. The first-order valence-electron chi connectivity index (χ1n) is 7.31. The van der Waals surface area contributed by atoms with Gasteiger partial charge in [0.15, 0.2) is 0 Å². The van der Waals surface area contributed by atoms with E-state index in [1.165, 1.54) is 0 Å². The molecule has 2 rings (SSSR count). The minimum Gasteiger partial charge on any atom is -0.340 e. The van der Waals surface area contributed by atoms with E-state index in [-0.39, 0.29) is 24.4 Å². The van der Waals surface area contributed by atoms with Crippen molar-refractivity contribution in [3.8, 4) is 0 Å². The topological polar surface area (TPSA) is 49.4 Å². The summed E-state index contributed by atoms with van der Waals surface area (Å²) in [5.74, 6) is -0.142. The highest BCUT2D eigenvalue weighted by Crippen LogP contribution is 2.32. The lowest BCUT2D eigenvalue weighted by Crippen LogP contribution is -2.66. The number of hydrogen-bond acceptors (Lipinski definition) is 2. The summed E-state index contributed by atoms with van der Waals surface area (Å²) in [6.45, 7) is 5.83. The van der Waals surface area contributed by atoms with Gasteiger partial charge in [0.05, 0.1) is 6.04 Å². The average molecular weight is 309 g/mol. The van der Waals surface area contributed by atoms with Gasteiger partial charge in [-0.05, 0) is 31.4 Å². The Hall–Kier alpha value is -1.55. The van der Waals surface area contributed by atoms with Crippen molar-refractivity contribution in [2.24, 2.45) is 0 Å². The number of nitrogens with zero attached hydrogens (tertiary/aromatic N) is 1. The van der Waals surface area contributed by atoms with Crippen LogP contribution in [-0.2, 0) is 9.59 Å². The molecule has 1 fully saturated rings. The first kappa shape index (κ1) is 15.8. The van der Waals surface area contributed by atoms with Gasteiger partial charge in [0.1, 0.15) is 12.1 Å². The molecule has 1 unspecified atom stereocenters. The van der Waals surface area contributed by atoms with Gasteiger partial charge >= 0.3 is 0 Å². The Labute approximate surface area is 130 Å². The van der Waals surface area contributed by atoms with E-state index in [1.807, 2.05) is 39.0 Å². The summed E-state index contributed by atoms with van der Waals surface area (Å²) in [6, 6.07) is 7.21. The molecule has 21 heavy (non-hydrogen) atoms. The number of amides is 2. The molecule has 0 spiro atoms. The van der Waals surface area contributed by atoms with E-state index in [0.29, 0.717) is 17.9 Å². The quantitative estimate of drug-likeness (QED) is 0.929. The van der Waals surface area contributed by atoms with Crippen LogP contribution < -0.4 is 5.32 Å². The van der Waals surface area contributed by atoms with Gasteiger partial charge in [-0.25, -0.2) is 0 Å². The Morgan fingerprint density at radius 2 is 1.90 bits per heavy atom. The molecule has 2 amide bonds. The second-order valence-corrected chi connectivity index (χ2v) is 5.88. The van der Waals surface area contributed by atoms with Crippen LogP contribution in [-0.4, -0.2) is 28.8 Å². The Bertz CT molecular complexity index is 555. The van der Waals surface area contributed by atoms with E-state index in [0.717, 1.165) is 5.56 Å². The number of benzene rings is 1. The highest BCUT2D eigenvalue weighted by atomic mass is 35.5. The Balaban J connectivity index is 2.36. The molecule has 1 aromatic rings. The van der Waals surface area contributed by atoms with Gasteiger partial charge < -0.3 is 10.2 Å². The third-order valence-corrected chi connectivity index (χ3v) is 4.74. The van der Waals surface area contributed by atoms with Gasteiger partial charge in [-0.15, -0.1) is 0 Å². The molecule has 1 aliphatic heterocycles. The summed E-state index contributed by atoms with van der Waals surface area (Å²) in [7, 11) is 0. The molecule has 1 N–H and O–H groups in total. The zero-order valence-corrected chi connectivity index (χ0v) is 13.4. The normalized spacial score (nSPS) is 19.3. The monoisotopic (exact) mass is 308 g/mol. The average Bonchev–Trinajstić information content (AvgIpc) is 2.49. The fourth-order valence-corrected chi connectivity index (χ4v) is 3.18. The maximum Gasteiger partial charge on any atom is 0.249 e. The molecule has 0 saturated carbocycles. The highest BCUT2D eigenvalue weighted by molar-refractivity contribution is 6.31. The maximum atomic E-state index is 12.8. The Morgan fingerprint density at radius 1 is 1.29 bits per heavy atom. The van der Waals surface area contributed by atoms with E-state index >= 15 is 0 Å². The van der Waals surface area contributed by atoms with Crippen LogP contribution in [0.4, 0.5) is 0 Å². The summed E-state index contributed by atoms with van der Waals surface area (Å²) in [5.41, 5.74) is 0.0773. The van der Waals surface area contributed by atoms with Crippen molar-refractivity contribution in [1.29, 1.82) is 0 Å². The predicted molar refractivity (Wildman–Crippen MR) is 83.0 cm³/mol. The predicted octanol–water partition coefficient (Wildman–Crippen LogP) is 2.92. The van der Waals surface area contributed by atoms with Crippen LogP contribution in [0.25, 0.3) is 0 Å². The zero-order chi connectivity index (χ0) is 15.6. The molecule has 0 aromatic heterocycles. The van der Waals surface area contributed by atoms with E-state index in [9.17, 15) is 9.59 Å². The molecule has 0 radical (unpaired) electrons. The Kier molecular flexibility index (Phi) is 4.57. The van der Waals surface area contributed by atoms with Gasteiger partial charge in [-0.3, -0.25) is 9.59 Å². The number of nitrogens with one attached hydrogen (secondary N) is 1. The van der Waals surface area contributed by atoms with Crippen molar-refractivity contribution in [2.75, 3.05) is 6.54 Å². The molecule has 1 heterocycles. The molecule has 1 aromatic carbocycles. The van der Waals surface area contributed by atoms with Crippen LogP contribution in [0.1, 0.15) is 45.2 Å². The van der Waals surface area contributed by atoms with Crippen molar-refractivity contribution in [1.82, 2.24) is 10.2 Å². The first-order valence-corrected chi connectivity index (χ1v) is 7.69. The van der Waals surface area contributed by atoms with Crippen LogP contribution in [0.15, 0.2) is 24.3 Å². The fraction of sp³-hybridized carbons (Fsp3) is 0.500. The maximum absolute atomic E-state index is 12.8. The number of hydrogen-bond donors (Lipinski definition) is 1. The van der Waals surface area contributed by atoms with Crippen molar-refractivity contribution in [2.45, 2.75) is 45.2 Å². The van der Waals surface area contributed by atoms with Crippen LogP contribution in [0.5, 0.6) is 0 Å². The zero-order valence-electron chi connectivity index (χ0n) is 12.6. The van der Waals surface area contributed by atoms with E-state index in [2.05, 4.69) is 5.32 Å². The van der Waals surface area contributed by atoms with Crippen LogP contribution in [0.2, 0.25) is 5.02 Å². The number of rotatable bonds is 4. The molecule has 1 aliphatic rings. The Morgan fingerprint density at radius 3 is 2.48 bits per heavy atom. The lowest BCUT2D eigenvalue weighted by atomic mass is 9.87. The molecule has 0 aliphatic carbocycles. The highest BCUT2D eigenvalue weighted by Gasteiger charge is 2.45. The molecule has 5 heteroatoms. The fourth-order valence-electron chi connectivity index (χ4n) is 2.89. The summed E-state index contributed by atoms with van der Waals surface area (Å²) in [5, 5.41) is 3.48. The van der Waals surface area contributed by atoms with Crippen molar-refractivity contribution in [3.05, 3.63) is 34.9 Å². The molecular weight excluding hydrogens is 288 g/mol. The van der Waals surface area contributed by atoms with Gasteiger partial charge in [-0.2, -0.15) is 0 Å². The van der Waals surface area contributed by atoms with Crippen molar-refractivity contribution >= 4 is 23.4 Å². The number of carbonyl (C=O) groups is 2. The summed E-state index contributed by atoms with van der Waals surface area (Å²) < 4.78 is 0. The van der Waals surface area contributed by atoms with Crippen LogP contribution >= 0.6 is 11.6 Å². The number of halogens is 1. The van der Waals surface area contributed by atoms with E-state index < -0.39 is 5.54 Å². The minimum absolute atomic E-state index is 0.0282. The third-order valence-electron chi connectivity index (χ3n) is 4.39. The summed E-state index contributed by atoms with van der Waals surface area (Å²) >= 11 is 6.22. The third kappa shape index (κ3) is 2.77. The standard InChI is InChI=1S/C16H21ClN2O2/c1-4-16(5-2)15(21)19(10-14(20)18-16)11(3)12-8-6-7-9-13(12)17/h6-9,11H,4-5,10H2,1-3H3,(H,18,20). The van der Waals surface area contributed by atoms with Crippen molar-refractivity contribution in [3.63, 3.8) is 0 Å². The van der Waals surface area contributed by atoms with Crippen LogP contribution in [0, 0.1) is 0 Å². The van der Waals surface area contributed by atoms with Gasteiger partial charge in [0.2, 0.25) is 11.8 Å². The van der Waals surface area contributed by atoms with E-state index in [4.69, 9.17) is 11.6 Å². The van der Waals surface area contributed by atoms with Gasteiger partial charge in [0.25, 0.3) is 0 Å². The molecule has 114 valence electrons. The van der Waals surface area contributed by atoms with Crippen LogP contribution in [0.3, 0.4) is 0 Å². The van der Waals surface area contributed by atoms with Gasteiger partial charge in [-0.1, -0.05) is 43.6 Å². The lowest BCUT2D eigenvalue weighted by molar-refractivity contribution is -0.152. The lowest BCUT2D eigenvalue weighted by Gasteiger charge is -2.43. The number of carbonyl (C=O) groups excluding carboxylic acids is 2. The molecule has 1 saturated heterocycles. The summed E-state index contributed by atoms with van der Waals surface area (Å²) in [4.78, 5) is 26.5. The largest absolute Gasteiger partial charge is 0.340 e. The minimum atomic E-state index is -0.787. The second-order valence-electron chi connectivity index (χ2n) is 5.47. The molecule has 0 bridgehead atoms. The molecule has 1 atom stereocenters. The number of piperazine rings is 1. The molecular formula is C16H21ClN2O2. The molecule has 4 nitrogen and oxygen atoms in total. The second kappa shape index (κ2) is 6.06. The van der Waals surface area contributed by atoms with Crippen molar-refractivity contribution < 1.29 is 9.59 Å².